The average Bonchev–Trinajstić information content (AvgIpc) is 3.83. The summed E-state index contributed by atoms with van der Waals surface area (Å²) in [5, 5.41) is 8.58. The number of fused-ring (bicyclic) bond motifs is 6. The molecule has 0 radical (unpaired) electrons. The summed E-state index contributed by atoms with van der Waals surface area (Å²) < 4.78 is 3.59. The van der Waals surface area contributed by atoms with Gasteiger partial charge in [0, 0.05) is 22.0 Å². The van der Waals surface area contributed by atoms with Crippen molar-refractivity contribution in [3.8, 4) is 49.6 Å². The van der Waals surface area contributed by atoms with Crippen molar-refractivity contribution in [3.63, 3.8) is 0 Å². The fourth-order valence-electron chi connectivity index (χ4n) is 8.01. The van der Waals surface area contributed by atoms with Gasteiger partial charge in [-0.1, -0.05) is 121 Å². The molecular formula is C51H32N2S. The van der Waals surface area contributed by atoms with Gasteiger partial charge in [0.2, 0.25) is 0 Å². The maximum absolute atomic E-state index is 4.88. The first kappa shape index (κ1) is 30.8. The van der Waals surface area contributed by atoms with Crippen molar-refractivity contribution in [1.29, 1.82) is 0 Å². The lowest BCUT2D eigenvalue weighted by atomic mass is 9.95. The van der Waals surface area contributed by atoms with Crippen molar-refractivity contribution >= 4 is 64.9 Å². The molecule has 0 N–H and O–H groups in total. The van der Waals surface area contributed by atoms with E-state index < -0.39 is 0 Å². The molecule has 0 atom stereocenters. The monoisotopic (exact) mass is 704 g/mol. The van der Waals surface area contributed by atoms with Crippen LogP contribution in [0, 0.1) is 0 Å². The van der Waals surface area contributed by atoms with E-state index >= 15 is 0 Å². The lowest BCUT2D eigenvalue weighted by Gasteiger charge is -2.10. The summed E-state index contributed by atoms with van der Waals surface area (Å²) >= 11 is 1.74. The van der Waals surface area contributed by atoms with Gasteiger partial charge in [-0.3, -0.25) is 0 Å². The lowest BCUT2D eigenvalue weighted by molar-refractivity contribution is 1.18. The molecule has 2 nitrogen and oxygen atoms in total. The normalized spacial score (nSPS) is 11.7. The molecule has 0 bridgehead atoms. The van der Waals surface area contributed by atoms with Gasteiger partial charge in [-0.2, -0.15) is 0 Å². The molecule has 54 heavy (non-hydrogen) atoms. The number of para-hydroxylation sites is 2. The van der Waals surface area contributed by atoms with E-state index in [1.807, 2.05) is 6.07 Å². The average molecular weight is 705 g/mol. The summed E-state index contributed by atoms with van der Waals surface area (Å²) in [5.41, 5.74) is 13.1. The number of rotatable bonds is 5. The Bertz CT molecular complexity index is 3170. The highest BCUT2D eigenvalue weighted by atomic mass is 32.1. The van der Waals surface area contributed by atoms with E-state index in [0.717, 1.165) is 21.8 Å². The van der Waals surface area contributed by atoms with E-state index in [2.05, 4.69) is 193 Å². The van der Waals surface area contributed by atoms with Crippen molar-refractivity contribution in [2.75, 3.05) is 0 Å². The number of hydrogen-bond donors (Lipinski definition) is 0. The van der Waals surface area contributed by atoms with E-state index in [9.17, 15) is 0 Å². The predicted molar refractivity (Wildman–Crippen MR) is 231 cm³/mol. The summed E-state index contributed by atoms with van der Waals surface area (Å²) in [7, 11) is 0. The van der Waals surface area contributed by atoms with E-state index in [1.165, 1.54) is 81.4 Å². The summed E-state index contributed by atoms with van der Waals surface area (Å²) in [6.45, 7) is 0. The zero-order valence-corrected chi connectivity index (χ0v) is 30.1. The highest BCUT2D eigenvalue weighted by Gasteiger charge is 2.14. The van der Waals surface area contributed by atoms with E-state index in [1.54, 1.807) is 11.3 Å². The topological polar surface area (TPSA) is 17.8 Å². The molecule has 252 valence electrons. The zero-order chi connectivity index (χ0) is 35.6. The molecule has 2 aromatic heterocycles. The van der Waals surface area contributed by atoms with Gasteiger partial charge in [0.25, 0.3) is 0 Å². The second-order valence-electron chi connectivity index (χ2n) is 14.0. The van der Waals surface area contributed by atoms with Gasteiger partial charge in [-0.25, -0.2) is 4.98 Å². The molecule has 0 spiro atoms. The van der Waals surface area contributed by atoms with Crippen molar-refractivity contribution < 1.29 is 0 Å². The summed E-state index contributed by atoms with van der Waals surface area (Å²) in [6, 6.07) is 70.6. The number of aromatic nitrogens is 2. The summed E-state index contributed by atoms with van der Waals surface area (Å²) in [5.74, 6) is 0. The van der Waals surface area contributed by atoms with Gasteiger partial charge in [0.15, 0.2) is 0 Å². The maximum Gasteiger partial charge on any atom is 0.124 e. The minimum absolute atomic E-state index is 1.05. The Balaban J connectivity index is 0.895. The number of hydrogen-bond acceptors (Lipinski definition) is 2. The fourth-order valence-corrected chi connectivity index (χ4v) is 8.98. The van der Waals surface area contributed by atoms with Gasteiger partial charge in [0.05, 0.1) is 21.3 Å². The third-order valence-electron chi connectivity index (χ3n) is 10.8. The fraction of sp³-hybridized carbons (Fsp3) is 0. The largest absolute Gasteiger partial charge is 0.309 e. The Kier molecular flexibility index (Phi) is 7.07. The Morgan fingerprint density at radius 2 is 0.852 bits per heavy atom. The van der Waals surface area contributed by atoms with Crippen LogP contribution in [0.15, 0.2) is 194 Å². The highest BCUT2D eigenvalue weighted by Crippen LogP contribution is 2.37. The molecule has 0 amide bonds. The second kappa shape index (κ2) is 12.4. The van der Waals surface area contributed by atoms with Crippen LogP contribution >= 0.6 is 11.3 Å². The third kappa shape index (κ3) is 5.21. The van der Waals surface area contributed by atoms with Crippen LogP contribution in [0.4, 0.5) is 0 Å². The first-order chi connectivity index (χ1) is 26.7. The molecule has 9 aromatic carbocycles. The molecule has 11 aromatic rings. The van der Waals surface area contributed by atoms with Gasteiger partial charge in [-0.15, -0.1) is 11.3 Å². The molecular weight excluding hydrogens is 673 g/mol. The molecule has 0 aliphatic carbocycles. The Morgan fingerprint density at radius 3 is 1.57 bits per heavy atom. The maximum atomic E-state index is 4.88. The standard InChI is InChI=1S/C51H32N2S/c1-2-8-37-29-39(18-17-33(37)7-1)42-22-21-40-30-38(19-20-41(40)31-42)34-13-15-35(16-14-34)43-25-28-49-46(32-43)45-9-3-5-11-48(45)53(49)44-26-23-36(24-27-44)51-52-47-10-4-6-12-50(47)54-51/h1-32H. The van der Waals surface area contributed by atoms with Crippen LogP contribution in [-0.4, -0.2) is 9.55 Å². The molecule has 0 unspecified atom stereocenters. The molecule has 11 rings (SSSR count). The zero-order valence-electron chi connectivity index (χ0n) is 29.3. The molecule has 0 fully saturated rings. The smallest absolute Gasteiger partial charge is 0.124 e. The Hall–Kier alpha value is -6.81. The van der Waals surface area contributed by atoms with Crippen molar-refractivity contribution in [2.45, 2.75) is 0 Å². The Labute approximate surface area is 316 Å². The van der Waals surface area contributed by atoms with Crippen LogP contribution in [0.1, 0.15) is 0 Å². The molecule has 3 heteroatoms. The van der Waals surface area contributed by atoms with Crippen molar-refractivity contribution in [1.82, 2.24) is 9.55 Å². The highest BCUT2D eigenvalue weighted by molar-refractivity contribution is 7.21. The summed E-state index contributed by atoms with van der Waals surface area (Å²) in [6.07, 6.45) is 0. The van der Waals surface area contributed by atoms with E-state index in [0.29, 0.717) is 0 Å². The van der Waals surface area contributed by atoms with Crippen LogP contribution in [0.2, 0.25) is 0 Å². The SMILES string of the molecule is c1ccc2cc(-c3ccc4cc(-c5ccc(-c6ccc7c(c6)c6ccccc6n7-c6ccc(-c7nc8ccccc8s7)cc6)cc5)ccc4c3)ccc2c1. The van der Waals surface area contributed by atoms with Crippen LogP contribution in [0.25, 0.3) is 103 Å². The van der Waals surface area contributed by atoms with Crippen LogP contribution in [0.3, 0.4) is 0 Å². The molecule has 0 saturated carbocycles. The lowest BCUT2D eigenvalue weighted by Crippen LogP contribution is -1.93. The predicted octanol–water partition coefficient (Wildman–Crippen LogP) is 14.4. The molecule has 0 aliphatic rings. The number of benzene rings is 9. The van der Waals surface area contributed by atoms with Gasteiger partial charge in [0.1, 0.15) is 5.01 Å². The van der Waals surface area contributed by atoms with Crippen LogP contribution < -0.4 is 0 Å². The summed E-state index contributed by atoms with van der Waals surface area (Å²) in [4.78, 5) is 4.88. The number of thiazole rings is 1. The molecule has 0 saturated heterocycles. The van der Waals surface area contributed by atoms with Crippen molar-refractivity contribution in [3.05, 3.63) is 194 Å². The minimum Gasteiger partial charge on any atom is -0.309 e. The molecule has 0 aliphatic heterocycles. The van der Waals surface area contributed by atoms with Gasteiger partial charge < -0.3 is 4.57 Å². The van der Waals surface area contributed by atoms with Crippen LogP contribution in [0.5, 0.6) is 0 Å². The van der Waals surface area contributed by atoms with Crippen molar-refractivity contribution in [2.24, 2.45) is 0 Å². The second-order valence-corrected chi connectivity index (χ2v) is 15.1. The molecule has 2 heterocycles. The first-order valence-electron chi connectivity index (χ1n) is 18.4. The minimum atomic E-state index is 1.05. The van der Waals surface area contributed by atoms with E-state index in [4.69, 9.17) is 4.98 Å². The van der Waals surface area contributed by atoms with E-state index in [-0.39, 0.29) is 0 Å². The number of nitrogens with zero attached hydrogens (tertiary/aromatic N) is 2. The van der Waals surface area contributed by atoms with Gasteiger partial charge >= 0.3 is 0 Å². The quantitative estimate of drug-likeness (QED) is 0.174. The van der Waals surface area contributed by atoms with Gasteiger partial charge in [-0.05, 0) is 128 Å². The van der Waals surface area contributed by atoms with Crippen LogP contribution in [-0.2, 0) is 0 Å². The third-order valence-corrected chi connectivity index (χ3v) is 11.9. The first-order valence-corrected chi connectivity index (χ1v) is 19.2. The Morgan fingerprint density at radius 1 is 0.352 bits per heavy atom.